The topological polar surface area (TPSA) is 151 Å². The van der Waals surface area contributed by atoms with Crippen LogP contribution in [0.15, 0.2) is 41.2 Å². The van der Waals surface area contributed by atoms with Crippen LogP contribution in [0.4, 0.5) is 11.5 Å². The molecule has 0 spiro atoms. The number of nitrogen functional groups attached to an aromatic ring is 1. The minimum atomic E-state index is -3.39. The molecule has 3 N–H and O–H groups in total. The van der Waals surface area contributed by atoms with Crippen molar-refractivity contribution in [2.24, 2.45) is 0 Å². The van der Waals surface area contributed by atoms with Crippen LogP contribution in [0.1, 0.15) is 6.92 Å². The highest BCUT2D eigenvalue weighted by Gasteiger charge is 2.19. The van der Waals surface area contributed by atoms with Gasteiger partial charge in [-0.05, 0) is 29.4 Å². The standard InChI is InChI=1S/C17H17N7O4S/c1-3-24-13-8-14(27-11-6-4-5-10(7-11)23-29(2,25)26)19-9-12(13)20-17(24)15-16(18)22-28-21-15/h4-9,23H,3H2,1-2H3,(H2,18,22). The number of benzene rings is 1. The summed E-state index contributed by atoms with van der Waals surface area (Å²) in [5.74, 6) is 1.41. The predicted molar refractivity (Wildman–Crippen MR) is 106 cm³/mol. The van der Waals surface area contributed by atoms with Crippen LogP contribution >= 0.6 is 0 Å². The summed E-state index contributed by atoms with van der Waals surface area (Å²) in [6.45, 7) is 2.55. The second-order valence-corrected chi connectivity index (χ2v) is 7.94. The van der Waals surface area contributed by atoms with E-state index in [4.69, 9.17) is 10.5 Å². The number of nitrogens with zero attached hydrogens (tertiary/aromatic N) is 5. The van der Waals surface area contributed by atoms with Crippen molar-refractivity contribution < 1.29 is 17.8 Å². The second kappa shape index (κ2) is 7.05. The summed E-state index contributed by atoms with van der Waals surface area (Å²) in [4.78, 5) is 8.79. The summed E-state index contributed by atoms with van der Waals surface area (Å²) in [5.41, 5.74) is 7.93. The van der Waals surface area contributed by atoms with Gasteiger partial charge in [0, 0.05) is 18.7 Å². The number of sulfonamides is 1. The van der Waals surface area contributed by atoms with Crippen molar-refractivity contribution in [3.63, 3.8) is 0 Å². The van der Waals surface area contributed by atoms with Crippen LogP contribution in [0, 0.1) is 0 Å². The molecule has 0 unspecified atom stereocenters. The highest BCUT2D eigenvalue weighted by atomic mass is 32.2. The third-order valence-electron chi connectivity index (χ3n) is 4.01. The lowest BCUT2D eigenvalue weighted by Crippen LogP contribution is -2.09. The number of ether oxygens (including phenoxy) is 1. The SMILES string of the molecule is CCn1c(-c2nonc2N)nc2cnc(Oc3cccc(NS(C)(=O)=O)c3)cc21. The van der Waals surface area contributed by atoms with Gasteiger partial charge in [-0.15, -0.1) is 0 Å². The monoisotopic (exact) mass is 415 g/mol. The first-order valence-corrected chi connectivity index (χ1v) is 10.4. The third kappa shape index (κ3) is 3.82. The lowest BCUT2D eigenvalue weighted by Gasteiger charge is -2.08. The van der Waals surface area contributed by atoms with Gasteiger partial charge in [0.1, 0.15) is 11.3 Å². The Morgan fingerprint density at radius 1 is 1.28 bits per heavy atom. The number of fused-ring (bicyclic) bond motifs is 1. The molecule has 0 fully saturated rings. The molecular formula is C17H17N7O4S. The Morgan fingerprint density at radius 3 is 2.79 bits per heavy atom. The largest absolute Gasteiger partial charge is 0.439 e. The molecule has 4 rings (SSSR count). The molecule has 11 nitrogen and oxygen atoms in total. The van der Waals surface area contributed by atoms with E-state index in [1.165, 1.54) is 0 Å². The number of imidazole rings is 1. The fourth-order valence-electron chi connectivity index (χ4n) is 2.88. The molecule has 3 aromatic heterocycles. The minimum absolute atomic E-state index is 0.148. The highest BCUT2D eigenvalue weighted by Crippen LogP contribution is 2.29. The minimum Gasteiger partial charge on any atom is -0.439 e. The molecule has 1 aromatic carbocycles. The highest BCUT2D eigenvalue weighted by molar-refractivity contribution is 7.92. The normalized spacial score (nSPS) is 11.7. The van der Waals surface area contributed by atoms with E-state index in [0.29, 0.717) is 40.9 Å². The molecule has 0 aliphatic carbocycles. The van der Waals surface area contributed by atoms with Crippen LogP contribution in [0.3, 0.4) is 0 Å². The van der Waals surface area contributed by atoms with E-state index >= 15 is 0 Å². The van der Waals surface area contributed by atoms with Gasteiger partial charge in [-0.2, -0.15) is 0 Å². The van der Waals surface area contributed by atoms with E-state index in [0.717, 1.165) is 11.8 Å². The van der Waals surface area contributed by atoms with Crippen molar-refractivity contribution in [2.45, 2.75) is 13.5 Å². The number of pyridine rings is 1. The number of anilines is 2. The molecule has 0 aliphatic heterocycles. The fourth-order valence-corrected chi connectivity index (χ4v) is 3.43. The van der Waals surface area contributed by atoms with Gasteiger partial charge >= 0.3 is 0 Å². The number of nitrogens with one attached hydrogen (secondary N) is 1. The summed E-state index contributed by atoms with van der Waals surface area (Å²) >= 11 is 0. The summed E-state index contributed by atoms with van der Waals surface area (Å²) in [5, 5.41) is 7.41. The van der Waals surface area contributed by atoms with Gasteiger partial charge in [0.25, 0.3) is 0 Å². The van der Waals surface area contributed by atoms with Crippen molar-refractivity contribution >= 4 is 32.6 Å². The van der Waals surface area contributed by atoms with Crippen molar-refractivity contribution in [1.82, 2.24) is 24.8 Å². The first kappa shape index (κ1) is 18.7. The van der Waals surface area contributed by atoms with Crippen molar-refractivity contribution in [3.05, 3.63) is 36.5 Å². The lowest BCUT2D eigenvalue weighted by molar-refractivity contribution is 0.310. The van der Waals surface area contributed by atoms with Gasteiger partial charge in [-0.25, -0.2) is 23.0 Å². The molecular weight excluding hydrogens is 398 g/mol. The molecule has 29 heavy (non-hydrogen) atoms. The Bertz CT molecular complexity index is 1300. The molecule has 0 radical (unpaired) electrons. The average molecular weight is 415 g/mol. The third-order valence-corrected chi connectivity index (χ3v) is 4.62. The maximum Gasteiger partial charge on any atom is 0.229 e. The molecule has 0 aliphatic rings. The van der Waals surface area contributed by atoms with Crippen molar-refractivity contribution in [1.29, 1.82) is 0 Å². The Hall–Kier alpha value is -3.67. The first-order chi connectivity index (χ1) is 13.8. The molecule has 4 aromatic rings. The Morgan fingerprint density at radius 2 is 2.10 bits per heavy atom. The molecule has 0 atom stereocenters. The summed E-state index contributed by atoms with van der Waals surface area (Å²) < 4.78 is 37.6. The Labute approximate surface area is 165 Å². The van der Waals surface area contributed by atoms with Crippen LogP contribution in [-0.2, 0) is 16.6 Å². The average Bonchev–Trinajstić information content (AvgIpc) is 3.23. The van der Waals surface area contributed by atoms with Crippen molar-refractivity contribution in [3.8, 4) is 23.1 Å². The fraction of sp³-hybridized carbons (Fsp3) is 0.176. The van der Waals surface area contributed by atoms with Gasteiger partial charge in [-0.1, -0.05) is 6.07 Å². The van der Waals surface area contributed by atoms with Crippen LogP contribution in [0.25, 0.3) is 22.6 Å². The number of rotatable bonds is 6. The molecule has 0 saturated carbocycles. The molecule has 12 heteroatoms. The molecule has 150 valence electrons. The van der Waals surface area contributed by atoms with Gasteiger partial charge in [0.05, 0.1) is 23.7 Å². The van der Waals surface area contributed by atoms with Crippen LogP contribution in [0.5, 0.6) is 11.6 Å². The Kier molecular flexibility index (Phi) is 4.54. The number of hydrogen-bond acceptors (Lipinski definition) is 9. The second-order valence-electron chi connectivity index (χ2n) is 6.19. The van der Waals surface area contributed by atoms with E-state index in [2.05, 4.69) is 29.6 Å². The molecule has 3 heterocycles. The summed E-state index contributed by atoms with van der Waals surface area (Å²) in [6, 6.07) is 8.30. The lowest BCUT2D eigenvalue weighted by atomic mass is 10.3. The maximum atomic E-state index is 11.4. The summed E-state index contributed by atoms with van der Waals surface area (Å²) in [7, 11) is -3.39. The van der Waals surface area contributed by atoms with Crippen LogP contribution in [-0.4, -0.2) is 39.5 Å². The maximum absolute atomic E-state index is 11.4. The number of nitrogens with two attached hydrogens (primary N) is 1. The van der Waals surface area contributed by atoms with E-state index < -0.39 is 10.0 Å². The van der Waals surface area contributed by atoms with Crippen LogP contribution in [0.2, 0.25) is 0 Å². The Balaban J connectivity index is 1.69. The smallest absolute Gasteiger partial charge is 0.229 e. The number of aromatic nitrogens is 5. The van der Waals surface area contributed by atoms with Crippen LogP contribution < -0.4 is 15.2 Å². The molecule has 0 amide bonds. The van der Waals surface area contributed by atoms with E-state index in [1.54, 1.807) is 36.5 Å². The summed E-state index contributed by atoms with van der Waals surface area (Å²) in [6.07, 6.45) is 2.65. The zero-order valence-corrected chi connectivity index (χ0v) is 16.3. The van der Waals surface area contributed by atoms with Gasteiger partial charge in [0.2, 0.25) is 15.9 Å². The van der Waals surface area contributed by atoms with E-state index in [-0.39, 0.29) is 5.82 Å². The van der Waals surface area contributed by atoms with Crippen molar-refractivity contribution in [2.75, 3.05) is 16.7 Å². The van der Waals surface area contributed by atoms with Gasteiger partial charge in [-0.3, -0.25) is 4.72 Å². The number of aryl methyl sites for hydroxylation is 1. The molecule has 0 saturated heterocycles. The number of hydrogen-bond donors (Lipinski definition) is 2. The zero-order chi connectivity index (χ0) is 20.6. The van der Waals surface area contributed by atoms with E-state index in [1.807, 2.05) is 11.5 Å². The quantitative estimate of drug-likeness (QED) is 0.483. The predicted octanol–water partition coefficient (Wildman–Crippen LogP) is 2.25. The van der Waals surface area contributed by atoms with Gasteiger partial charge in [0.15, 0.2) is 17.3 Å². The van der Waals surface area contributed by atoms with E-state index in [9.17, 15) is 8.42 Å². The zero-order valence-electron chi connectivity index (χ0n) is 15.5. The molecule has 0 bridgehead atoms. The first-order valence-electron chi connectivity index (χ1n) is 8.54. The van der Waals surface area contributed by atoms with Gasteiger partial charge < -0.3 is 15.0 Å².